The summed E-state index contributed by atoms with van der Waals surface area (Å²) in [6, 6.07) is 7.15. The Morgan fingerprint density at radius 1 is 1.42 bits per heavy atom. The van der Waals surface area contributed by atoms with Crippen LogP contribution in [-0.2, 0) is 0 Å². The summed E-state index contributed by atoms with van der Waals surface area (Å²) in [5.41, 5.74) is 0.892. The molecule has 0 saturated carbocycles. The molecule has 0 fully saturated rings. The zero-order valence-corrected chi connectivity index (χ0v) is 11.1. The first-order valence-electron chi connectivity index (χ1n) is 5.72. The van der Waals surface area contributed by atoms with Crippen molar-refractivity contribution in [1.82, 2.24) is 9.97 Å². The third-order valence-corrected chi connectivity index (χ3v) is 2.79. The molecule has 6 heteroatoms. The number of aromatic nitrogens is 2. The van der Waals surface area contributed by atoms with Crippen LogP contribution in [0, 0.1) is 0 Å². The van der Waals surface area contributed by atoms with Crippen LogP contribution in [0.3, 0.4) is 0 Å². The van der Waals surface area contributed by atoms with E-state index in [2.05, 4.69) is 15.3 Å². The summed E-state index contributed by atoms with van der Waals surface area (Å²) in [5, 5.41) is 12.9. The first-order chi connectivity index (χ1) is 9.22. The van der Waals surface area contributed by atoms with Crippen LogP contribution in [0.25, 0.3) is 0 Å². The molecule has 0 aliphatic carbocycles. The fourth-order valence-electron chi connectivity index (χ4n) is 1.68. The van der Waals surface area contributed by atoms with Crippen molar-refractivity contribution in [2.75, 3.05) is 19.0 Å². The molecule has 1 aromatic carbocycles. The number of aliphatic hydroxyl groups is 1. The van der Waals surface area contributed by atoms with Gasteiger partial charge in [-0.1, -0.05) is 23.7 Å². The van der Waals surface area contributed by atoms with Gasteiger partial charge in [0.1, 0.15) is 16.7 Å². The van der Waals surface area contributed by atoms with Crippen molar-refractivity contribution >= 4 is 17.4 Å². The summed E-state index contributed by atoms with van der Waals surface area (Å²) in [5.74, 6) is 1.24. The van der Waals surface area contributed by atoms with E-state index in [9.17, 15) is 5.11 Å². The number of nitrogens with one attached hydrogen (secondary N) is 1. The predicted octanol–water partition coefficient (Wildman–Crippen LogP) is 2.28. The molecule has 1 aromatic heterocycles. The lowest BCUT2D eigenvalue weighted by atomic mass is 10.1. The summed E-state index contributed by atoms with van der Waals surface area (Å²) in [6.07, 6.45) is 3.00. The number of rotatable bonds is 5. The van der Waals surface area contributed by atoms with Gasteiger partial charge in [0.15, 0.2) is 0 Å². The SMILES string of the molecule is COc1cccc([C@@H](CO)Nc2cncc(Cl)n2)c1. The minimum absolute atomic E-state index is 0.0820. The summed E-state index contributed by atoms with van der Waals surface area (Å²) >= 11 is 5.77. The molecule has 2 N–H and O–H groups in total. The van der Waals surface area contributed by atoms with Crippen molar-refractivity contribution in [3.8, 4) is 5.75 Å². The lowest BCUT2D eigenvalue weighted by Gasteiger charge is -2.17. The Bertz CT molecular complexity index is 551. The largest absolute Gasteiger partial charge is 0.497 e. The van der Waals surface area contributed by atoms with Gasteiger partial charge in [-0.3, -0.25) is 4.98 Å². The van der Waals surface area contributed by atoms with Crippen molar-refractivity contribution in [1.29, 1.82) is 0 Å². The molecule has 0 bridgehead atoms. The maximum Gasteiger partial charge on any atom is 0.149 e. The van der Waals surface area contributed by atoms with Gasteiger partial charge in [0.2, 0.25) is 0 Å². The number of halogens is 1. The molecular formula is C13H14ClN3O2. The molecule has 0 spiro atoms. The Kier molecular flexibility index (Phi) is 4.54. The predicted molar refractivity (Wildman–Crippen MR) is 73.5 cm³/mol. The first kappa shape index (κ1) is 13.6. The van der Waals surface area contributed by atoms with Crippen molar-refractivity contribution in [2.24, 2.45) is 0 Å². The highest BCUT2D eigenvalue weighted by molar-refractivity contribution is 6.29. The maximum atomic E-state index is 9.49. The van der Waals surface area contributed by atoms with Gasteiger partial charge < -0.3 is 15.2 Å². The average molecular weight is 280 g/mol. The molecular weight excluding hydrogens is 266 g/mol. The van der Waals surface area contributed by atoms with Crippen molar-refractivity contribution in [3.05, 3.63) is 47.4 Å². The second-order valence-corrected chi connectivity index (χ2v) is 4.27. The van der Waals surface area contributed by atoms with E-state index in [1.807, 2.05) is 24.3 Å². The zero-order chi connectivity index (χ0) is 13.7. The van der Waals surface area contributed by atoms with Crippen LogP contribution < -0.4 is 10.1 Å². The van der Waals surface area contributed by atoms with Gasteiger partial charge in [-0.25, -0.2) is 4.98 Å². The van der Waals surface area contributed by atoms with Crippen LogP contribution in [-0.4, -0.2) is 28.8 Å². The summed E-state index contributed by atoms with van der Waals surface area (Å²) in [4.78, 5) is 8.01. The Morgan fingerprint density at radius 3 is 2.95 bits per heavy atom. The number of nitrogens with zero attached hydrogens (tertiary/aromatic N) is 2. The molecule has 2 aromatic rings. The summed E-state index contributed by atoms with van der Waals surface area (Å²) in [7, 11) is 1.60. The van der Waals surface area contributed by atoms with Gasteiger partial charge in [0, 0.05) is 0 Å². The van der Waals surface area contributed by atoms with E-state index in [0.717, 1.165) is 11.3 Å². The second kappa shape index (κ2) is 6.36. The molecule has 0 radical (unpaired) electrons. The summed E-state index contributed by atoms with van der Waals surface area (Å²) < 4.78 is 5.16. The highest BCUT2D eigenvalue weighted by Gasteiger charge is 2.12. The molecule has 0 aliphatic rings. The van der Waals surface area contributed by atoms with E-state index < -0.39 is 0 Å². The van der Waals surface area contributed by atoms with Crippen molar-refractivity contribution in [2.45, 2.75) is 6.04 Å². The Morgan fingerprint density at radius 2 is 2.26 bits per heavy atom. The Balaban J connectivity index is 2.19. The van der Waals surface area contributed by atoms with E-state index in [4.69, 9.17) is 16.3 Å². The first-order valence-corrected chi connectivity index (χ1v) is 6.09. The molecule has 5 nitrogen and oxygen atoms in total. The molecule has 1 atom stereocenters. The van der Waals surface area contributed by atoms with E-state index in [-0.39, 0.29) is 12.6 Å². The lowest BCUT2D eigenvalue weighted by molar-refractivity contribution is 0.276. The maximum absolute atomic E-state index is 9.49. The zero-order valence-electron chi connectivity index (χ0n) is 10.4. The highest BCUT2D eigenvalue weighted by atomic mass is 35.5. The van der Waals surface area contributed by atoms with E-state index in [1.54, 1.807) is 13.3 Å². The number of aliphatic hydroxyl groups excluding tert-OH is 1. The third-order valence-electron chi connectivity index (χ3n) is 2.61. The van der Waals surface area contributed by atoms with E-state index in [1.165, 1.54) is 6.20 Å². The van der Waals surface area contributed by atoms with Gasteiger partial charge in [0.25, 0.3) is 0 Å². The molecule has 0 saturated heterocycles. The molecule has 100 valence electrons. The van der Waals surface area contributed by atoms with Crippen LogP contribution in [0.4, 0.5) is 5.82 Å². The quantitative estimate of drug-likeness (QED) is 0.879. The van der Waals surface area contributed by atoms with Gasteiger partial charge in [-0.15, -0.1) is 0 Å². The van der Waals surface area contributed by atoms with Crippen LogP contribution >= 0.6 is 11.6 Å². The monoisotopic (exact) mass is 279 g/mol. The van der Waals surface area contributed by atoms with E-state index >= 15 is 0 Å². The molecule has 0 unspecified atom stereocenters. The van der Waals surface area contributed by atoms with Gasteiger partial charge in [-0.05, 0) is 17.7 Å². The number of methoxy groups -OCH3 is 1. The lowest BCUT2D eigenvalue weighted by Crippen LogP contribution is -2.15. The summed E-state index contributed by atoms with van der Waals surface area (Å²) in [6.45, 7) is -0.0820. The van der Waals surface area contributed by atoms with Crippen LogP contribution in [0.1, 0.15) is 11.6 Å². The van der Waals surface area contributed by atoms with Gasteiger partial charge in [0.05, 0.1) is 32.2 Å². The third kappa shape index (κ3) is 3.56. The molecule has 0 amide bonds. The Labute approximate surface area is 116 Å². The smallest absolute Gasteiger partial charge is 0.149 e. The molecule has 0 aliphatic heterocycles. The standard InChI is InChI=1S/C13H14ClN3O2/c1-19-10-4-2-3-9(5-10)11(8-18)16-13-7-15-6-12(14)17-13/h2-7,11,18H,8H2,1H3,(H,16,17)/t11-/m1/s1. The topological polar surface area (TPSA) is 67.3 Å². The van der Waals surface area contributed by atoms with Gasteiger partial charge >= 0.3 is 0 Å². The Hall–Kier alpha value is -1.85. The van der Waals surface area contributed by atoms with Gasteiger partial charge in [-0.2, -0.15) is 0 Å². The fourth-order valence-corrected chi connectivity index (χ4v) is 1.83. The fraction of sp³-hybridized carbons (Fsp3) is 0.231. The highest BCUT2D eigenvalue weighted by Crippen LogP contribution is 2.22. The van der Waals surface area contributed by atoms with Crippen molar-refractivity contribution < 1.29 is 9.84 Å². The number of anilines is 1. The van der Waals surface area contributed by atoms with Crippen molar-refractivity contribution in [3.63, 3.8) is 0 Å². The van der Waals surface area contributed by atoms with Crippen LogP contribution in [0.2, 0.25) is 5.15 Å². The van der Waals surface area contributed by atoms with Crippen LogP contribution in [0.15, 0.2) is 36.7 Å². The van der Waals surface area contributed by atoms with Crippen LogP contribution in [0.5, 0.6) is 5.75 Å². The number of ether oxygens (including phenoxy) is 1. The molecule has 1 heterocycles. The molecule has 19 heavy (non-hydrogen) atoms. The number of hydrogen-bond donors (Lipinski definition) is 2. The van der Waals surface area contributed by atoms with E-state index in [0.29, 0.717) is 11.0 Å². The number of benzene rings is 1. The normalized spacial score (nSPS) is 11.9. The second-order valence-electron chi connectivity index (χ2n) is 3.88. The minimum atomic E-state index is -0.303. The molecule has 2 rings (SSSR count). The minimum Gasteiger partial charge on any atom is -0.497 e. The average Bonchev–Trinajstić information content (AvgIpc) is 2.45. The number of hydrogen-bond acceptors (Lipinski definition) is 5.